The zero-order valence-electron chi connectivity index (χ0n) is 14.2. The molecule has 1 heterocycles. The first-order chi connectivity index (χ1) is 12.7. The highest BCUT2D eigenvalue weighted by molar-refractivity contribution is 14.0. The van der Waals surface area contributed by atoms with Crippen LogP contribution in [0, 0.1) is 0 Å². The van der Waals surface area contributed by atoms with Gasteiger partial charge in [-0.2, -0.15) is 0 Å². The van der Waals surface area contributed by atoms with Gasteiger partial charge in [0.1, 0.15) is 4.90 Å². The number of nitrogens with zero attached hydrogens (tertiary/aromatic N) is 2. The Labute approximate surface area is 176 Å². The minimum Gasteiger partial charge on any atom is -0.404 e. The SMILES string of the molecule is I.NC(=NCCNS(=O)(=O)c1cccnc1)Nc1ccccc1OC(F)(F)F. The van der Waals surface area contributed by atoms with Crippen LogP contribution in [0.1, 0.15) is 0 Å². The molecule has 0 aliphatic rings. The summed E-state index contributed by atoms with van der Waals surface area (Å²) in [7, 11) is -3.73. The lowest BCUT2D eigenvalue weighted by atomic mass is 10.3. The molecule has 2 aromatic rings. The number of alkyl halides is 3. The Morgan fingerprint density at radius 1 is 1.21 bits per heavy atom. The number of nitrogens with one attached hydrogen (secondary N) is 2. The molecule has 0 amide bonds. The number of hydrogen-bond donors (Lipinski definition) is 3. The molecule has 0 atom stereocenters. The number of pyridine rings is 1. The fourth-order valence-electron chi connectivity index (χ4n) is 1.91. The second-order valence-electron chi connectivity index (χ2n) is 5.02. The molecule has 0 spiro atoms. The molecule has 0 fully saturated rings. The van der Waals surface area contributed by atoms with E-state index < -0.39 is 22.1 Å². The Morgan fingerprint density at radius 2 is 1.93 bits per heavy atom. The van der Waals surface area contributed by atoms with Gasteiger partial charge in [-0.1, -0.05) is 12.1 Å². The van der Waals surface area contributed by atoms with E-state index in [4.69, 9.17) is 5.73 Å². The molecule has 2 rings (SSSR count). The van der Waals surface area contributed by atoms with Gasteiger partial charge >= 0.3 is 6.36 Å². The average Bonchev–Trinajstić information content (AvgIpc) is 2.60. The maximum atomic E-state index is 12.4. The van der Waals surface area contributed by atoms with Crippen LogP contribution in [0.5, 0.6) is 5.75 Å². The average molecular weight is 531 g/mol. The number of sulfonamides is 1. The summed E-state index contributed by atoms with van der Waals surface area (Å²) in [6.07, 6.45) is -2.22. The molecule has 1 aromatic carbocycles. The topological polar surface area (TPSA) is 119 Å². The van der Waals surface area contributed by atoms with Gasteiger partial charge in [0, 0.05) is 18.9 Å². The van der Waals surface area contributed by atoms with Crippen molar-refractivity contribution in [1.29, 1.82) is 0 Å². The van der Waals surface area contributed by atoms with Crippen LogP contribution in [0.2, 0.25) is 0 Å². The predicted octanol–water partition coefficient (Wildman–Crippen LogP) is 2.30. The smallest absolute Gasteiger partial charge is 0.404 e. The van der Waals surface area contributed by atoms with Crippen molar-refractivity contribution in [3.8, 4) is 5.75 Å². The summed E-state index contributed by atoms with van der Waals surface area (Å²) in [6.45, 7) is -0.110. The van der Waals surface area contributed by atoms with Crippen molar-refractivity contribution < 1.29 is 26.3 Å². The number of rotatable bonds is 7. The molecule has 1 aromatic heterocycles. The summed E-state index contributed by atoms with van der Waals surface area (Å²) >= 11 is 0. The van der Waals surface area contributed by atoms with Gasteiger partial charge in [-0.05, 0) is 24.3 Å². The Bertz CT molecular complexity index is 895. The van der Waals surface area contributed by atoms with Gasteiger partial charge in [-0.15, -0.1) is 37.1 Å². The molecule has 0 saturated carbocycles. The third-order valence-electron chi connectivity index (χ3n) is 3.01. The van der Waals surface area contributed by atoms with Crippen LogP contribution in [-0.2, 0) is 10.0 Å². The maximum absolute atomic E-state index is 12.4. The number of anilines is 1. The molecular weight excluding hydrogens is 514 g/mol. The molecule has 4 N–H and O–H groups in total. The van der Waals surface area contributed by atoms with Crippen molar-refractivity contribution in [3.63, 3.8) is 0 Å². The Morgan fingerprint density at radius 3 is 2.57 bits per heavy atom. The number of nitrogens with two attached hydrogens (primary N) is 1. The summed E-state index contributed by atoms with van der Waals surface area (Å²) in [4.78, 5) is 7.58. The number of hydrogen-bond acceptors (Lipinski definition) is 5. The summed E-state index contributed by atoms with van der Waals surface area (Å²) in [6, 6.07) is 8.16. The molecular formula is C15H17F3IN5O3S. The number of aliphatic imine (C=N–C) groups is 1. The third kappa shape index (κ3) is 7.85. The largest absolute Gasteiger partial charge is 0.573 e. The van der Waals surface area contributed by atoms with Gasteiger partial charge < -0.3 is 15.8 Å². The maximum Gasteiger partial charge on any atom is 0.573 e. The molecule has 28 heavy (non-hydrogen) atoms. The summed E-state index contributed by atoms with van der Waals surface area (Å²) in [5, 5.41) is 2.48. The van der Waals surface area contributed by atoms with Crippen LogP contribution in [0.15, 0.2) is 58.7 Å². The predicted molar refractivity (Wildman–Crippen MR) is 108 cm³/mol. The van der Waals surface area contributed by atoms with Gasteiger partial charge in [0.25, 0.3) is 0 Å². The third-order valence-corrected chi connectivity index (χ3v) is 4.45. The zero-order chi connectivity index (χ0) is 19.9. The number of para-hydroxylation sites is 2. The molecule has 154 valence electrons. The summed E-state index contributed by atoms with van der Waals surface area (Å²) in [5.74, 6) is -0.672. The first-order valence-electron chi connectivity index (χ1n) is 7.49. The van der Waals surface area contributed by atoms with E-state index in [1.807, 2.05) is 0 Å². The minimum absolute atomic E-state index is 0. The van der Waals surface area contributed by atoms with Gasteiger partial charge in [0.2, 0.25) is 10.0 Å². The van der Waals surface area contributed by atoms with Crippen molar-refractivity contribution in [3.05, 3.63) is 48.8 Å². The Balaban J connectivity index is 0.00000392. The molecule has 0 unspecified atom stereocenters. The zero-order valence-corrected chi connectivity index (χ0v) is 17.3. The van der Waals surface area contributed by atoms with E-state index in [9.17, 15) is 21.6 Å². The molecule has 0 radical (unpaired) electrons. The molecule has 13 heteroatoms. The lowest BCUT2D eigenvalue weighted by molar-refractivity contribution is -0.274. The second-order valence-corrected chi connectivity index (χ2v) is 6.79. The van der Waals surface area contributed by atoms with Crippen LogP contribution >= 0.6 is 24.0 Å². The van der Waals surface area contributed by atoms with Gasteiger partial charge in [0.15, 0.2) is 11.7 Å². The van der Waals surface area contributed by atoms with Crippen LogP contribution in [0.4, 0.5) is 18.9 Å². The molecule has 8 nitrogen and oxygen atoms in total. The fraction of sp³-hybridized carbons (Fsp3) is 0.200. The number of ether oxygens (including phenoxy) is 1. The fourth-order valence-corrected chi connectivity index (χ4v) is 2.89. The van der Waals surface area contributed by atoms with Crippen molar-refractivity contribution in [1.82, 2.24) is 9.71 Å². The summed E-state index contributed by atoms with van der Waals surface area (Å²) in [5.41, 5.74) is 5.58. The van der Waals surface area contributed by atoms with E-state index in [2.05, 4.69) is 24.8 Å². The number of guanidine groups is 1. The van der Waals surface area contributed by atoms with E-state index in [-0.39, 0.29) is 53.6 Å². The van der Waals surface area contributed by atoms with Gasteiger partial charge in [-0.3, -0.25) is 9.98 Å². The first-order valence-corrected chi connectivity index (χ1v) is 8.97. The molecule has 0 saturated heterocycles. The number of benzene rings is 1. The van der Waals surface area contributed by atoms with E-state index in [0.29, 0.717) is 0 Å². The second kappa shape index (κ2) is 10.4. The van der Waals surface area contributed by atoms with Gasteiger partial charge in [0.05, 0.1) is 12.2 Å². The van der Waals surface area contributed by atoms with Crippen molar-refractivity contribution in [2.24, 2.45) is 10.7 Å². The van der Waals surface area contributed by atoms with Crippen LogP contribution in [0.3, 0.4) is 0 Å². The quantitative estimate of drug-likeness (QED) is 0.219. The van der Waals surface area contributed by atoms with E-state index >= 15 is 0 Å². The van der Waals surface area contributed by atoms with E-state index in [1.54, 1.807) is 0 Å². The highest BCUT2D eigenvalue weighted by Gasteiger charge is 2.32. The van der Waals surface area contributed by atoms with Crippen LogP contribution in [-0.4, -0.2) is 38.8 Å². The first kappa shape index (κ1) is 23.9. The van der Waals surface area contributed by atoms with E-state index in [1.165, 1.54) is 42.7 Å². The highest BCUT2D eigenvalue weighted by atomic mass is 127. The normalized spacial score (nSPS) is 12.2. The monoisotopic (exact) mass is 531 g/mol. The van der Waals surface area contributed by atoms with Crippen molar-refractivity contribution in [2.75, 3.05) is 18.4 Å². The number of halogens is 4. The highest BCUT2D eigenvalue weighted by Crippen LogP contribution is 2.29. The van der Waals surface area contributed by atoms with Crippen molar-refractivity contribution in [2.45, 2.75) is 11.3 Å². The van der Waals surface area contributed by atoms with Crippen LogP contribution in [0.25, 0.3) is 0 Å². The molecule has 0 aliphatic heterocycles. The minimum atomic E-state index is -4.85. The summed E-state index contributed by atoms with van der Waals surface area (Å²) < 4.78 is 67.3. The lowest BCUT2D eigenvalue weighted by Gasteiger charge is -2.14. The Kier molecular flexibility index (Phi) is 8.90. The van der Waals surface area contributed by atoms with Gasteiger partial charge in [-0.25, -0.2) is 13.1 Å². The Hall–Kier alpha value is -2.13. The molecule has 0 bridgehead atoms. The van der Waals surface area contributed by atoms with Crippen LogP contribution < -0.4 is 20.5 Å². The lowest BCUT2D eigenvalue weighted by Crippen LogP contribution is -2.29. The number of aromatic nitrogens is 1. The van der Waals surface area contributed by atoms with E-state index in [0.717, 1.165) is 6.07 Å². The van der Waals surface area contributed by atoms with Crippen molar-refractivity contribution >= 4 is 45.6 Å². The molecule has 0 aliphatic carbocycles. The standard InChI is InChI=1S/C15H16F3N5O3S.HI/c16-15(17,18)26-13-6-2-1-5-12(13)23-14(19)21-8-9-22-27(24,25)11-4-3-7-20-10-11;/h1-7,10,22H,8-9H2,(H3,19,21,23);1H.